The highest BCUT2D eigenvalue weighted by Crippen LogP contribution is 2.32. The lowest BCUT2D eigenvalue weighted by Gasteiger charge is -2.05. The van der Waals surface area contributed by atoms with Gasteiger partial charge in [-0.15, -0.1) is 0 Å². The van der Waals surface area contributed by atoms with Crippen molar-refractivity contribution >= 4 is 5.95 Å². The lowest BCUT2D eigenvalue weighted by Crippen LogP contribution is -1.96. The van der Waals surface area contributed by atoms with Crippen molar-refractivity contribution < 1.29 is 0 Å². The van der Waals surface area contributed by atoms with E-state index in [0.29, 0.717) is 0 Å². The summed E-state index contributed by atoms with van der Waals surface area (Å²) in [5, 5.41) is 7.43. The number of aromatic amines is 1. The Morgan fingerprint density at radius 3 is 2.75 bits per heavy atom. The Morgan fingerprint density at radius 1 is 1.15 bits per heavy atom. The average Bonchev–Trinajstić information content (AvgIpc) is 2.80. The number of nitrogen functional groups attached to an aromatic ring is 1. The van der Waals surface area contributed by atoms with Gasteiger partial charge in [-0.1, -0.05) is 23.8 Å². The molecule has 5 heteroatoms. The summed E-state index contributed by atoms with van der Waals surface area (Å²) in [6, 6.07) is 10.1. The minimum atomic E-state index is 0.262. The number of hydrogen-bond donors (Lipinski definition) is 2. The molecule has 0 spiro atoms. The highest BCUT2D eigenvalue weighted by molar-refractivity contribution is 5.81. The number of nitrogens with one attached hydrogen (secondary N) is 1. The molecule has 0 unspecified atom stereocenters. The third kappa shape index (κ3) is 2.14. The summed E-state index contributed by atoms with van der Waals surface area (Å²) in [5.74, 6) is 0.262. The van der Waals surface area contributed by atoms with Gasteiger partial charge in [-0.3, -0.25) is 5.10 Å². The predicted octanol–water partition coefficient (Wildman–Crippen LogP) is 2.73. The fraction of sp³-hybridized carbons (Fsp3) is 0.133. The van der Waals surface area contributed by atoms with Gasteiger partial charge >= 0.3 is 0 Å². The van der Waals surface area contributed by atoms with Crippen molar-refractivity contribution in [2.24, 2.45) is 0 Å². The van der Waals surface area contributed by atoms with Crippen LogP contribution in [0, 0.1) is 13.8 Å². The monoisotopic (exact) mass is 265 g/mol. The van der Waals surface area contributed by atoms with Crippen LogP contribution in [0.2, 0.25) is 0 Å². The van der Waals surface area contributed by atoms with Gasteiger partial charge in [-0.25, -0.2) is 9.97 Å². The first kappa shape index (κ1) is 12.3. The van der Waals surface area contributed by atoms with Crippen LogP contribution in [0.15, 0.2) is 36.5 Å². The highest BCUT2D eigenvalue weighted by atomic mass is 15.1. The minimum absolute atomic E-state index is 0.262. The van der Waals surface area contributed by atoms with Crippen molar-refractivity contribution in [3.63, 3.8) is 0 Å². The van der Waals surface area contributed by atoms with Crippen LogP contribution in [-0.2, 0) is 0 Å². The molecule has 3 N–H and O–H groups in total. The fourth-order valence-electron chi connectivity index (χ4n) is 2.26. The van der Waals surface area contributed by atoms with Crippen LogP contribution in [-0.4, -0.2) is 20.2 Å². The van der Waals surface area contributed by atoms with Gasteiger partial charge in [0.2, 0.25) is 5.95 Å². The molecule has 0 atom stereocenters. The van der Waals surface area contributed by atoms with Gasteiger partial charge in [0, 0.05) is 23.0 Å². The molecule has 0 fully saturated rings. The second kappa shape index (κ2) is 4.77. The molecule has 0 radical (unpaired) electrons. The maximum Gasteiger partial charge on any atom is 0.220 e. The molecule has 2 aromatic heterocycles. The Balaban J connectivity index is 2.20. The minimum Gasteiger partial charge on any atom is -0.368 e. The van der Waals surface area contributed by atoms with Crippen molar-refractivity contribution in [3.05, 3.63) is 47.8 Å². The number of anilines is 1. The molecule has 0 amide bonds. The number of rotatable bonds is 2. The Labute approximate surface area is 116 Å². The van der Waals surface area contributed by atoms with Crippen molar-refractivity contribution in [1.29, 1.82) is 0 Å². The summed E-state index contributed by atoms with van der Waals surface area (Å²) in [5.41, 5.74) is 11.5. The second-order valence-corrected chi connectivity index (χ2v) is 4.74. The van der Waals surface area contributed by atoms with Crippen LogP contribution >= 0.6 is 0 Å². The van der Waals surface area contributed by atoms with Gasteiger partial charge in [-0.2, -0.15) is 5.10 Å². The summed E-state index contributed by atoms with van der Waals surface area (Å²) < 4.78 is 0. The summed E-state index contributed by atoms with van der Waals surface area (Å²) >= 11 is 0. The normalized spacial score (nSPS) is 10.7. The fourth-order valence-corrected chi connectivity index (χ4v) is 2.26. The summed E-state index contributed by atoms with van der Waals surface area (Å²) in [6.45, 7) is 4.03. The largest absolute Gasteiger partial charge is 0.368 e. The lowest BCUT2D eigenvalue weighted by atomic mass is 10.0. The lowest BCUT2D eigenvalue weighted by molar-refractivity contribution is 1.05. The second-order valence-electron chi connectivity index (χ2n) is 4.74. The molecule has 20 heavy (non-hydrogen) atoms. The molecule has 0 bridgehead atoms. The van der Waals surface area contributed by atoms with E-state index in [1.54, 1.807) is 6.20 Å². The van der Waals surface area contributed by atoms with E-state index in [-0.39, 0.29) is 5.95 Å². The number of hydrogen-bond acceptors (Lipinski definition) is 4. The molecule has 1 aromatic carbocycles. The van der Waals surface area contributed by atoms with Crippen LogP contribution in [0.3, 0.4) is 0 Å². The van der Waals surface area contributed by atoms with Gasteiger partial charge in [0.25, 0.3) is 0 Å². The zero-order valence-corrected chi connectivity index (χ0v) is 11.4. The number of nitrogens with two attached hydrogens (primary N) is 1. The highest BCUT2D eigenvalue weighted by Gasteiger charge is 2.15. The van der Waals surface area contributed by atoms with E-state index < -0.39 is 0 Å². The average molecular weight is 265 g/mol. The van der Waals surface area contributed by atoms with Crippen LogP contribution in [0.25, 0.3) is 22.5 Å². The van der Waals surface area contributed by atoms with E-state index in [4.69, 9.17) is 5.73 Å². The van der Waals surface area contributed by atoms with E-state index in [9.17, 15) is 0 Å². The Kier molecular flexibility index (Phi) is 2.95. The first-order valence-electron chi connectivity index (χ1n) is 6.36. The van der Waals surface area contributed by atoms with E-state index in [1.165, 1.54) is 5.56 Å². The SMILES string of the molecule is Cc1cccc(-c2n[nH]c(C)c2-c2ccnc(N)n2)c1. The molecule has 0 aliphatic rings. The van der Waals surface area contributed by atoms with Crippen LogP contribution in [0.4, 0.5) is 5.95 Å². The first-order valence-corrected chi connectivity index (χ1v) is 6.36. The molecule has 3 rings (SSSR count). The van der Waals surface area contributed by atoms with E-state index in [1.807, 2.05) is 25.1 Å². The summed E-state index contributed by atoms with van der Waals surface area (Å²) in [7, 11) is 0. The van der Waals surface area contributed by atoms with E-state index in [2.05, 4.69) is 39.2 Å². The van der Waals surface area contributed by atoms with Gasteiger partial charge in [0.05, 0.1) is 5.69 Å². The summed E-state index contributed by atoms with van der Waals surface area (Å²) in [6.07, 6.45) is 1.66. The van der Waals surface area contributed by atoms with Gasteiger partial charge in [0.1, 0.15) is 5.69 Å². The van der Waals surface area contributed by atoms with Crippen LogP contribution in [0.5, 0.6) is 0 Å². The number of H-pyrrole nitrogens is 1. The molecular formula is C15H15N5. The maximum absolute atomic E-state index is 5.67. The summed E-state index contributed by atoms with van der Waals surface area (Å²) in [4.78, 5) is 8.22. The molecule has 0 saturated carbocycles. The van der Waals surface area contributed by atoms with Crippen molar-refractivity contribution in [2.75, 3.05) is 5.73 Å². The number of aromatic nitrogens is 4. The Morgan fingerprint density at radius 2 is 2.00 bits per heavy atom. The van der Waals surface area contributed by atoms with Crippen molar-refractivity contribution in [2.45, 2.75) is 13.8 Å². The van der Waals surface area contributed by atoms with Gasteiger partial charge < -0.3 is 5.73 Å². The zero-order valence-electron chi connectivity index (χ0n) is 11.4. The topological polar surface area (TPSA) is 80.5 Å². The van der Waals surface area contributed by atoms with Crippen LogP contribution in [0.1, 0.15) is 11.3 Å². The number of nitrogens with zero attached hydrogens (tertiary/aromatic N) is 3. The molecule has 0 aliphatic heterocycles. The first-order chi connectivity index (χ1) is 9.65. The quantitative estimate of drug-likeness (QED) is 0.746. The molecule has 2 heterocycles. The van der Waals surface area contributed by atoms with Crippen LogP contribution < -0.4 is 5.73 Å². The van der Waals surface area contributed by atoms with Crippen molar-refractivity contribution in [3.8, 4) is 22.5 Å². The molecule has 3 aromatic rings. The third-order valence-corrected chi connectivity index (χ3v) is 3.17. The number of aryl methyl sites for hydroxylation is 2. The third-order valence-electron chi connectivity index (χ3n) is 3.17. The Bertz CT molecular complexity index is 760. The maximum atomic E-state index is 5.67. The smallest absolute Gasteiger partial charge is 0.220 e. The van der Waals surface area contributed by atoms with E-state index in [0.717, 1.165) is 28.2 Å². The molecule has 0 saturated heterocycles. The molecule has 0 aliphatic carbocycles. The van der Waals surface area contributed by atoms with Gasteiger partial charge in [-0.05, 0) is 26.0 Å². The predicted molar refractivity (Wildman–Crippen MR) is 78.9 cm³/mol. The number of benzene rings is 1. The Hall–Kier alpha value is -2.69. The molecule has 5 nitrogen and oxygen atoms in total. The zero-order chi connectivity index (χ0) is 14.1. The standard InChI is InChI=1S/C15H15N5/c1-9-4-3-5-11(8-9)14-13(10(2)19-20-14)12-6-7-17-15(16)18-12/h3-8H,1-2H3,(H,19,20)(H2,16,17,18). The van der Waals surface area contributed by atoms with E-state index >= 15 is 0 Å². The van der Waals surface area contributed by atoms with Gasteiger partial charge in [0.15, 0.2) is 0 Å². The van der Waals surface area contributed by atoms with Crippen molar-refractivity contribution in [1.82, 2.24) is 20.2 Å². The molecular weight excluding hydrogens is 250 g/mol. The molecule has 100 valence electrons.